The lowest BCUT2D eigenvalue weighted by Gasteiger charge is -2.20. The molecule has 3 atom stereocenters. The van der Waals surface area contributed by atoms with Gasteiger partial charge in [-0.2, -0.15) is 0 Å². The molecule has 0 aromatic carbocycles. The molecule has 2 rings (SSSR count). The average molecular weight is 407 g/mol. The summed E-state index contributed by atoms with van der Waals surface area (Å²) in [4.78, 5) is 0. The highest BCUT2D eigenvalue weighted by molar-refractivity contribution is 4.76. The van der Waals surface area contributed by atoms with Crippen LogP contribution >= 0.6 is 0 Å². The van der Waals surface area contributed by atoms with Crippen LogP contribution in [0.5, 0.6) is 0 Å². The van der Waals surface area contributed by atoms with Crippen molar-refractivity contribution in [2.24, 2.45) is 5.92 Å². The fourth-order valence-corrected chi connectivity index (χ4v) is 4.97. The molecular weight excluding hydrogens is 356 g/mol. The topological polar surface area (TPSA) is 18.5 Å². The molecule has 0 bridgehead atoms. The van der Waals surface area contributed by atoms with Gasteiger partial charge in [-0.1, -0.05) is 84.0 Å². The maximum Gasteiger partial charge on any atom is 0.0575 e. The van der Waals surface area contributed by atoms with Crippen LogP contribution in [-0.2, 0) is 9.47 Å². The maximum absolute atomic E-state index is 6.30. The normalized spacial score (nSPS) is 24.3. The highest BCUT2D eigenvalue weighted by Gasteiger charge is 2.21. The molecule has 2 aliphatic rings. The molecule has 0 aromatic rings. The van der Waals surface area contributed by atoms with Crippen LogP contribution in [-0.4, -0.2) is 25.4 Å². The monoisotopic (exact) mass is 406 g/mol. The van der Waals surface area contributed by atoms with E-state index >= 15 is 0 Å². The van der Waals surface area contributed by atoms with Gasteiger partial charge in [0, 0.05) is 13.2 Å². The molecule has 0 aromatic heterocycles. The van der Waals surface area contributed by atoms with Crippen molar-refractivity contribution in [3.05, 3.63) is 13.3 Å². The number of ether oxygens (including phenoxy) is 2. The van der Waals surface area contributed by atoms with E-state index in [0.29, 0.717) is 12.2 Å². The first-order valence-electron chi connectivity index (χ1n) is 13.2. The van der Waals surface area contributed by atoms with Crippen molar-refractivity contribution in [3.63, 3.8) is 0 Å². The number of unbranched alkanes of at least 4 members (excludes halogenated alkanes) is 9. The Morgan fingerprint density at radius 1 is 0.621 bits per heavy atom. The zero-order chi connectivity index (χ0) is 20.4. The lowest BCUT2D eigenvalue weighted by atomic mass is 10.0. The van der Waals surface area contributed by atoms with Crippen molar-refractivity contribution in [1.29, 1.82) is 0 Å². The van der Waals surface area contributed by atoms with Crippen LogP contribution in [0.3, 0.4) is 0 Å². The summed E-state index contributed by atoms with van der Waals surface area (Å²) in [6.45, 7) is 5.89. The van der Waals surface area contributed by atoms with Crippen LogP contribution in [0.4, 0.5) is 0 Å². The standard InChI is InChI=1S/C27H50O2/c1-2-3-4-5-6-7-8-9-12-15-23-28-27-20-16-17-25(21-22-27)24-29-26-18-13-10-11-14-19-26/h10,25-27H,1-9,11-24H2. The molecule has 0 aliphatic heterocycles. The van der Waals surface area contributed by atoms with E-state index in [1.54, 1.807) is 0 Å². The van der Waals surface area contributed by atoms with E-state index in [-0.39, 0.29) is 0 Å². The van der Waals surface area contributed by atoms with Gasteiger partial charge < -0.3 is 9.47 Å². The minimum absolute atomic E-state index is 0.514. The molecule has 0 N–H and O–H groups in total. The highest BCUT2D eigenvalue weighted by atomic mass is 16.5. The molecule has 2 heteroatoms. The average Bonchev–Trinajstić information content (AvgIpc) is 3.13. The molecule has 0 amide bonds. The van der Waals surface area contributed by atoms with Crippen molar-refractivity contribution in [3.8, 4) is 0 Å². The van der Waals surface area contributed by atoms with Crippen LogP contribution in [0.1, 0.15) is 128 Å². The Labute approximate surface area is 182 Å². The Morgan fingerprint density at radius 2 is 1.31 bits per heavy atom. The van der Waals surface area contributed by atoms with Gasteiger partial charge in [0.1, 0.15) is 0 Å². The van der Waals surface area contributed by atoms with Crippen molar-refractivity contribution in [2.75, 3.05) is 13.2 Å². The second-order valence-corrected chi connectivity index (χ2v) is 9.65. The molecule has 170 valence electrons. The van der Waals surface area contributed by atoms with E-state index in [1.165, 1.54) is 122 Å². The Balaban J connectivity index is 1.41. The summed E-state index contributed by atoms with van der Waals surface area (Å²) in [5.74, 6) is 0.768. The van der Waals surface area contributed by atoms with Gasteiger partial charge in [0.25, 0.3) is 0 Å². The molecule has 0 saturated heterocycles. The lowest BCUT2D eigenvalue weighted by Crippen LogP contribution is -2.18. The third-order valence-electron chi connectivity index (χ3n) is 6.98. The van der Waals surface area contributed by atoms with E-state index in [2.05, 4.69) is 13.3 Å². The number of hydrogen-bond acceptors (Lipinski definition) is 2. The summed E-state index contributed by atoms with van der Waals surface area (Å²) in [6.07, 6.45) is 29.8. The van der Waals surface area contributed by atoms with Crippen molar-refractivity contribution < 1.29 is 9.47 Å². The third-order valence-corrected chi connectivity index (χ3v) is 6.98. The predicted octanol–water partition coefficient (Wildman–Crippen LogP) is 8.24. The summed E-state index contributed by atoms with van der Waals surface area (Å²) >= 11 is 0. The second kappa shape index (κ2) is 17.6. The molecule has 2 saturated carbocycles. The van der Waals surface area contributed by atoms with Gasteiger partial charge in [0.15, 0.2) is 0 Å². The summed E-state index contributed by atoms with van der Waals surface area (Å²) in [5, 5.41) is 0. The van der Waals surface area contributed by atoms with Gasteiger partial charge in [0.05, 0.1) is 12.2 Å². The van der Waals surface area contributed by atoms with Gasteiger partial charge in [-0.25, -0.2) is 0 Å². The minimum Gasteiger partial charge on any atom is -0.378 e. The molecule has 0 heterocycles. The fourth-order valence-electron chi connectivity index (χ4n) is 4.97. The van der Waals surface area contributed by atoms with Crippen LogP contribution in [0, 0.1) is 19.3 Å². The van der Waals surface area contributed by atoms with Crippen molar-refractivity contribution >= 4 is 0 Å². The first-order chi connectivity index (χ1) is 14.4. The van der Waals surface area contributed by atoms with E-state index in [9.17, 15) is 0 Å². The first kappa shape index (κ1) is 25.2. The van der Waals surface area contributed by atoms with Gasteiger partial charge >= 0.3 is 0 Å². The Bertz CT molecular complexity index is 348. The first-order valence-corrected chi connectivity index (χ1v) is 13.2. The zero-order valence-corrected chi connectivity index (χ0v) is 19.4. The zero-order valence-electron chi connectivity index (χ0n) is 19.4. The van der Waals surface area contributed by atoms with Crippen LogP contribution in [0.15, 0.2) is 0 Å². The number of rotatable bonds is 15. The molecule has 2 fully saturated rings. The fraction of sp³-hybridized carbons (Fsp3) is 0.926. The third kappa shape index (κ3) is 13.0. The largest absolute Gasteiger partial charge is 0.378 e. The van der Waals surface area contributed by atoms with Crippen LogP contribution in [0.2, 0.25) is 0 Å². The van der Waals surface area contributed by atoms with E-state index in [1.807, 2.05) is 0 Å². The van der Waals surface area contributed by atoms with Gasteiger partial charge in [-0.05, 0) is 63.7 Å². The number of hydrogen-bond donors (Lipinski definition) is 0. The van der Waals surface area contributed by atoms with Gasteiger partial charge in [-0.15, -0.1) is 0 Å². The second-order valence-electron chi connectivity index (χ2n) is 9.65. The quantitative estimate of drug-likeness (QED) is 0.201. The summed E-state index contributed by atoms with van der Waals surface area (Å²) in [5.41, 5.74) is 0. The molecule has 2 aliphatic carbocycles. The SMILES string of the molecule is [CH2]CCCCCCCCCCCOC1CCCC(COC2CC[CH]CCC2)CC1. The predicted molar refractivity (Wildman–Crippen MR) is 125 cm³/mol. The van der Waals surface area contributed by atoms with E-state index < -0.39 is 0 Å². The lowest BCUT2D eigenvalue weighted by molar-refractivity contribution is 0.0141. The Morgan fingerprint density at radius 3 is 2.10 bits per heavy atom. The minimum atomic E-state index is 0.514. The highest BCUT2D eigenvalue weighted by Crippen LogP contribution is 2.27. The van der Waals surface area contributed by atoms with Crippen LogP contribution < -0.4 is 0 Å². The smallest absolute Gasteiger partial charge is 0.0575 e. The van der Waals surface area contributed by atoms with Crippen molar-refractivity contribution in [2.45, 2.75) is 141 Å². The van der Waals surface area contributed by atoms with Gasteiger partial charge in [0.2, 0.25) is 0 Å². The summed E-state index contributed by atoms with van der Waals surface area (Å²) < 4.78 is 12.5. The van der Waals surface area contributed by atoms with Gasteiger partial charge in [-0.3, -0.25) is 0 Å². The Kier molecular flexibility index (Phi) is 15.3. The Hall–Kier alpha value is -0.0800. The summed E-state index contributed by atoms with van der Waals surface area (Å²) in [6, 6.07) is 0. The molecular formula is C27H50O2. The molecule has 2 nitrogen and oxygen atoms in total. The maximum atomic E-state index is 6.30. The van der Waals surface area contributed by atoms with Crippen molar-refractivity contribution in [1.82, 2.24) is 0 Å². The molecule has 0 spiro atoms. The van der Waals surface area contributed by atoms with Crippen LogP contribution in [0.25, 0.3) is 0 Å². The molecule has 3 unspecified atom stereocenters. The summed E-state index contributed by atoms with van der Waals surface area (Å²) in [7, 11) is 0. The van der Waals surface area contributed by atoms with E-state index in [4.69, 9.17) is 9.47 Å². The van der Waals surface area contributed by atoms with E-state index in [0.717, 1.165) is 25.6 Å². The molecule has 2 radical (unpaired) electrons. The molecule has 29 heavy (non-hydrogen) atoms.